The Labute approximate surface area is 132 Å². The lowest BCUT2D eigenvalue weighted by molar-refractivity contribution is -0.126. The van der Waals surface area contributed by atoms with Crippen molar-refractivity contribution in [3.05, 3.63) is 28.2 Å². The Hall–Kier alpha value is -1.60. The van der Waals surface area contributed by atoms with E-state index in [1.54, 1.807) is 6.92 Å². The zero-order chi connectivity index (χ0) is 15.8. The zero-order valence-corrected chi connectivity index (χ0v) is 13.9. The van der Waals surface area contributed by atoms with Crippen LogP contribution >= 0.6 is 15.9 Å². The number of rotatable bonds is 6. The summed E-state index contributed by atoms with van der Waals surface area (Å²) in [6, 6.07) is 5.11. The Bertz CT molecular complexity index is 508. The maximum atomic E-state index is 11.8. The predicted molar refractivity (Wildman–Crippen MR) is 84.2 cm³/mol. The second-order valence-electron chi connectivity index (χ2n) is 4.34. The minimum atomic E-state index is -0.790. The quantitative estimate of drug-likeness (QED) is 0.724. The van der Waals surface area contributed by atoms with Crippen LogP contribution in [0.15, 0.2) is 22.7 Å². The van der Waals surface area contributed by atoms with Crippen LogP contribution in [0.4, 0.5) is 4.79 Å². The van der Waals surface area contributed by atoms with Crippen LogP contribution in [0.5, 0.6) is 5.75 Å². The van der Waals surface area contributed by atoms with Crippen molar-refractivity contribution in [2.24, 2.45) is 0 Å². The fourth-order valence-electron chi connectivity index (χ4n) is 1.59. The van der Waals surface area contributed by atoms with Gasteiger partial charge in [0, 0.05) is 19.2 Å². The Balaban J connectivity index is 2.81. The van der Waals surface area contributed by atoms with Crippen molar-refractivity contribution in [3.63, 3.8) is 0 Å². The molecule has 1 aromatic carbocycles. The average Bonchev–Trinajstić information content (AvgIpc) is 2.47. The molecule has 3 N–H and O–H groups in total. The smallest absolute Gasteiger partial charge is 0.321 e. The number of ether oxygens (including phenoxy) is 1. The van der Waals surface area contributed by atoms with E-state index in [4.69, 9.17) is 4.74 Å². The lowest BCUT2D eigenvalue weighted by Gasteiger charge is -2.18. The molecule has 1 rings (SSSR count). The number of benzene rings is 1. The van der Waals surface area contributed by atoms with Crippen LogP contribution in [0.1, 0.15) is 19.4 Å². The number of nitrogens with one attached hydrogen (secondary N) is 3. The first-order valence-electron chi connectivity index (χ1n) is 6.66. The molecule has 0 aliphatic heterocycles. The molecule has 0 bridgehead atoms. The van der Waals surface area contributed by atoms with Gasteiger partial charge in [0.1, 0.15) is 5.75 Å². The summed E-state index contributed by atoms with van der Waals surface area (Å²) < 4.78 is 6.46. The first-order valence-corrected chi connectivity index (χ1v) is 7.46. The van der Waals surface area contributed by atoms with Crippen molar-refractivity contribution in [2.75, 3.05) is 13.6 Å². The number of carbonyl (C=O) groups excluding carboxylic acids is 2. The molecule has 0 radical (unpaired) electrons. The number of amides is 3. The van der Waals surface area contributed by atoms with Crippen LogP contribution in [-0.2, 0) is 11.3 Å². The summed E-state index contributed by atoms with van der Waals surface area (Å²) in [5.74, 6) is 0.0949. The van der Waals surface area contributed by atoms with Gasteiger partial charge >= 0.3 is 6.03 Å². The Morgan fingerprint density at radius 2 is 2.10 bits per heavy atom. The standard InChI is InChI=1S/C14H20BrN3O3/c1-4-17-8-10-6-5-7-11(15)12(10)21-9(2)13(19)18-14(20)16-3/h5-7,9,17H,4,8H2,1-3H3,(H2,16,18,19,20). The molecule has 0 aliphatic rings. The van der Waals surface area contributed by atoms with Gasteiger partial charge in [-0.1, -0.05) is 19.1 Å². The Kier molecular flexibility index (Phi) is 7.18. The lowest BCUT2D eigenvalue weighted by atomic mass is 10.2. The predicted octanol–water partition coefficient (Wildman–Crippen LogP) is 1.78. The highest BCUT2D eigenvalue weighted by Crippen LogP contribution is 2.30. The van der Waals surface area contributed by atoms with E-state index < -0.39 is 18.0 Å². The summed E-state index contributed by atoms with van der Waals surface area (Å²) in [6.45, 7) is 5.07. The van der Waals surface area contributed by atoms with Gasteiger partial charge in [-0.25, -0.2) is 4.79 Å². The number of halogens is 1. The molecule has 0 heterocycles. The van der Waals surface area contributed by atoms with Crippen LogP contribution in [-0.4, -0.2) is 31.6 Å². The van der Waals surface area contributed by atoms with Crippen LogP contribution in [0, 0.1) is 0 Å². The van der Waals surface area contributed by atoms with E-state index in [9.17, 15) is 9.59 Å². The molecule has 7 heteroatoms. The van der Waals surface area contributed by atoms with Gasteiger partial charge in [-0.3, -0.25) is 10.1 Å². The molecule has 1 atom stereocenters. The second kappa shape index (κ2) is 8.63. The van der Waals surface area contributed by atoms with E-state index >= 15 is 0 Å². The molecule has 0 saturated heterocycles. The largest absolute Gasteiger partial charge is 0.479 e. The average molecular weight is 358 g/mol. The van der Waals surface area contributed by atoms with Gasteiger partial charge in [0.25, 0.3) is 5.91 Å². The maximum Gasteiger partial charge on any atom is 0.321 e. The van der Waals surface area contributed by atoms with Gasteiger partial charge in [-0.2, -0.15) is 0 Å². The normalized spacial score (nSPS) is 11.6. The van der Waals surface area contributed by atoms with Crippen molar-refractivity contribution in [1.29, 1.82) is 0 Å². The van der Waals surface area contributed by atoms with Gasteiger partial charge in [-0.15, -0.1) is 0 Å². The van der Waals surface area contributed by atoms with Crippen LogP contribution in [0.3, 0.4) is 0 Å². The third-order valence-electron chi connectivity index (χ3n) is 2.74. The first kappa shape index (κ1) is 17.5. The number of hydrogen-bond donors (Lipinski definition) is 3. The van der Waals surface area contributed by atoms with Crippen molar-refractivity contribution in [1.82, 2.24) is 16.0 Å². The van der Waals surface area contributed by atoms with Gasteiger partial charge in [0.2, 0.25) is 0 Å². The summed E-state index contributed by atoms with van der Waals surface area (Å²) in [5.41, 5.74) is 0.936. The van der Waals surface area contributed by atoms with Gasteiger partial charge in [-0.05, 0) is 35.5 Å². The minimum absolute atomic E-state index is 0.500. The second-order valence-corrected chi connectivity index (χ2v) is 5.19. The SMILES string of the molecule is CCNCc1cccc(Br)c1OC(C)C(=O)NC(=O)NC. The van der Waals surface area contributed by atoms with E-state index in [1.807, 2.05) is 25.1 Å². The number of hydrogen-bond acceptors (Lipinski definition) is 4. The molecule has 0 spiro atoms. The van der Waals surface area contributed by atoms with Gasteiger partial charge < -0.3 is 15.4 Å². The van der Waals surface area contributed by atoms with Crippen molar-refractivity contribution in [3.8, 4) is 5.75 Å². The molecule has 0 aliphatic carbocycles. The monoisotopic (exact) mass is 357 g/mol. The molecule has 0 saturated carbocycles. The molecule has 1 unspecified atom stereocenters. The summed E-state index contributed by atoms with van der Waals surface area (Å²) in [6.07, 6.45) is -0.790. The number of imide groups is 1. The highest BCUT2D eigenvalue weighted by atomic mass is 79.9. The summed E-state index contributed by atoms with van der Waals surface area (Å²) in [4.78, 5) is 23.0. The highest BCUT2D eigenvalue weighted by molar-refractivity contribution is 9.10. The lowest BCUT2D eigenvalue weighted by Crippen LogP contribution is -2.44. The molecule has 3 amide bonds. The fraction of sp³-hybridized carbons (Fsp3) is 0.429. The minimum Gasteiger partial charge on any atom is -0.479 e. The molecule has 116 valence electrons. The van der Waals surface area contributed by atoms with Crippen molar-refractivity contribution < 1.29 is 14.3 Å². The topological polar surface area (TPSA) is 79.5 Å². The number of carbonyl (C=O) groups is 2. The molecule has 0 aromatic heterocycles. The maximum absolute atomic E-state index is 11.8. The zero-order valence-electron chi connectivity index (χ0n) is 12.3. The Morgan fingerprint density at radius 3 is 2.71 bits per heavy atom. The number of para-hydroxylation sites is 1. The molecular weight excluding hydrogens is 338 g/mol. The van der Waals surface area contributed by atoms with Crippen LogP contribution in [0.25, 0.3) is 0 Å². The van der Waals surface area contributed by atoms with Crippen molar-refractivity contribution in [2.45, 2.75) is 26.5 Å². The molecule has 21 heavy (non-hydrogen) atoms. The van der Waals surface area contributed by atoms with E-state index in [1.165, 1.54) is 7.05 Å². The van der Waals surface area contributed by atoms with Crippen molar-refractivity contribution >= 4 is 27.9 Å². The number of urea groups is 1. The van der Waals surface area contributed by atoms with E-state index in [-0.39, 0.29) is 0 Å². The Morgan fingerprint density at radius 1 is 1.38 bits per heavy atom. The first-order chi connectivity index (χ1) is 9.99. The van der Waals surface area contributed by atoms with Gasteiger partial charge in [0.05, 0.1) is 4.47 Å². The summed E-state index contributed by atoms with van der Waals surface area (Å²) in [5, 5.41) is 7.72. The third-order valence-corrected chi connectivity index (χ3v) is 3.37. The highest BCUT2D eigenvalue weighted by Gasteiger charge is 2.19. The molecular formula is C14H20BrN3O3. The van der Waals surface area contributed by atoms with E-state index in [0.29, 0.717) is 12.3 Å². The molecule has 0 fully saturated rings. The molecule has 6 nitrogen and oxygen atoms in total. The van der Waals surface area contributed by atoms with Gasteiger partial charge in [0.15, 0.2) is 6.10 Å². The third kappa shape index (κ3) is 5.35. The summed E-state index contributed by atoms with van der Waals surface area (Å²) in [7, 11) is 1.44. The van der Waals surface area contributed by atoms with E-state index in [0.717, 1.165) is 16.6 Å². The van der Waals surface area contributed by atoms with E-state index in [2.05, 4.69) is 31.9 Å². The summed E-state index contributed by atoms with van der Waals surface area (Å²) >= 11 is 3.42. The van der Waals surface area contributed by atoms with Crippen LogP contribution in [0.2, 0.25) is 0 Å². The molecule has 1 aromatic rings. The van der Waals surface area contributed by atoms with Crippen LogP contribution < -0.4 is 20.7 Å². The fourth-order valence-corrected chi connectivity index (χ4v) is 2.09.